The first kappa shape index (κ1) is 21.0. The van der Waals surface area contributed by atoms with Gasteiger partial charge in [0.25, 0.3) is 0 Å². The average molecular weight is 446 g/mol. The highest BCUT2D eigenvalue weighted by molar-refractivity contribution is 7.89. The summed E-state index contributed by atoms with van der Waals surface area (Å²) >= 11 is 11.6. The monoisotopic (exact) mass is 445 g/mol. The Hall–Kier alpha value is -1.67. The van der Waals surface area contributed by atoms with Gasteiger partial charge in [0.1, 0.15) is 11.6 Å². The summed E-state index contributed by atoms with van der Waals surface area (Å²) < 4.78 is 45.4. The second kappa shape index (κ2) is 8.37. The molecule has 28 heavy (non-hydrogen) atoms. The van der Waals surface area contributed by atoms with E-state index in [9.17, 15) is 17.6 Å². The number of nitrogens with zero attached hydrogens (tertiary/aromatic N) is 1. The summed E-state index contributed by atoms with van der Waals surface area (Å²) in [4.78, 5) is 12.4. The highest BCUT2D eigenvalue weighted by Crippen LogP contribution is 2.28. The molecule has 0 aromatic heterocycles. The minimum Gasteiger partial charge on any atom is -0.426 e. The van der Waals surface area contributed by atoms with Gasteiger partial charge in [0.2, 0.25) is 10.0 Å². The van der Waals surface area contributed by atoms with Gasteiger partial charge in [-0.15, -0.1) is 0 Å². The van der Waals surface area contributed by atoms with Crippen LogP contribution in [0, 0.1) is 18.7 Å². The number of sulfonamides is 1. The Morgan fingerprint density at radius 2 is 1.82 bits per heavy atom. The van der Waals surface area contributed by atoms with Crippen LogP contribution in [-0.4, -0.2) is 31.8 Å². The van der Waals surface area contributed by atoms with Gasteiger partial charge in [-0.2, -0.15) is 4.31 Å². The van der Waals surface area contributed by atoms with E-state index in [0.717, 1.165) is 17.7 Å². The fourth-order valence-electron chi connectivity index (χ4n) is 3.04. The molecule has 0 bridgehead atoms. The van der Waals surface area contributed by atoms with E-state index >= 15 is 0 Å². The summed E-state index contributed by atoms with van der Waals surface area (Å²) in [7, 11) is -3.81. The fourth-order valence-corrected chi connectivity index (χ4v) is 5.01. The summed E-state index contributed by atoms with van der Waals surface area (Å²) in [5.41, 5.74) is 0.744. The summed E-state index contributed by atoms with van der Waals surface area (Å²) in [5, 5.41) is 0.301. The molecule has 150 valence electrons. The maximum atomic E-state index is 13.3. The van der Waals surface area contributed by atoms with Gasteiger partial charge in [0.05, 0.1) is 15.8 Å². The van der Waals surface area contributed by atoms with E-state index in [2.05, 4.69) is 0 Å². The van der Waals surface area contributed by atoms with Crippen LogP contribution in [0.1, 0.15) is 18.4 Å². The van der Waals surface area contributed by atoms with Crippen molar-refractivity contribution >= 4 is 39.2 Å². The first-order valence-corrected chi connectivity index (χ1v) is 10.8. The van der Waals surface area contributed by atoms with Crippen molar-refractivity contribution < 1.29 is 22.3 Å². The van der Waals surface area contributed by atoms with Crippen LogP contribution < -0.4 is 4.74 Å². The maximum absolute atomic E-state index is 13.3. The van der Waals surface area contributed by atoms with Gasteiger partial charge in [-0.1, -0.05) is 23.2 Å². The summed E-state index contributed by atoms with van der Waals surface area (Å²) in [6.45, 7) is 2.12. The quantitative estimate of drug-likeness (QED) is 0.515. The van der Waals surface area contributed by atoms with Crippen LogP contribution in [0.15, 0.2) is 41.3 Å². The Morgan fingerprint density at radius 3 is 2.43 bits per heavy atom. The molecule has 1 heterocycles. The van der Waals surface area contributed by atoms with Crippen LogP contribution in [0.2, 0.25) is 10.0 Å². The van der Waals surface area contributed by atoms with E-state index in [4.69, 9.17) is 27.9 Å². The third kappa shape index (κ3) is 4.49. The number of hydrogen-bond donors (Lipinski definition) is 0. The number of rotatable bonds is 4. The average Bonchev–Trinajstić information content (AvgIpc) is 2.66. The summed E-state index contributed by atoms with van der Waals surface area (Å²) in [6.07, 6.45) is 0.666. The van der Waals surface area contributed by atoms with Crippen LogP contribution >= 0.6 is 23.2 Å². The van der Waals surface area contributed by atoms with Crippen molar-refractivity contribution in [2.45, 2.75) is 24.7 Å². The highest BCUT2D eigenvalue weighted by Gasteiger charge is 2.33. The van der Waals surface area contributed by atoms with Crippen LogP contribution in [0.25, 0.3) is 0 Å². The predicted molar refractivity (Wildman–Crippen MR) is 105 cm³/mol. The highest BCUT2D eigenvalue weighted by atomic mass is 35.5. The number of ether oxygens (including phenoxy) is 1. The Morgan fingerprint density at radius 1 is 1.14 bits per heavy atom. The normalized spacial score (nSPS) is 16.1. The van der Waals surface area contributed by atoms with Crippen LogP contribution in [0.3, 0.4) is 0 Å². The molecule has 0 N–H and O–H groups in total. The van der Waals surface area contributed by atoms with Crippen molar-refractivity contribution in [2.75, 3.05) is 13.1 Å². The first-order valence-electron chi connectivity index (χ1n) is 8.61. The number of aryl methyl sites for hydroxylation is 1. The Bertz CT molecular complexity index is 1000. The molecule has 5 nitrogen and oxygen atoms in total. The molecule has 9 heteroatoms. The first-order chi connectivity index (χ1) is 13.2. The molecule has 0 spiro atoms. The van der Waals surface area contributed by atoms with E-state index in [-0.39, 0.29) is 23.0 Å². The minimum absolute atomic E-state index is 0.0725. The number of hydrogen-bond acceptors (Lipinski definition) is 4. The molecular weight excluding hydrogens is 428 g/mol. The van der Waals surface area contributed by atoms with Gasteiger partial charge < -0.3 is 4.74 Å². The van der Waals surface area contributed by atoms with Crippen LogP contribution in [0.5, 0.6) is 5.75 Å². The number of carbonyl (C=O) groups excluding carboxylic acids is 1. The largest absolute Gasteiger partial charge is 0.426 e. The van der Waals surface area contributed by atoms with E-state index in [1.807, 2.05) is 0 Å². The SMILES string of the molecule is Cc1cc(Cl)ccc1OC(=O)C1CCN(S(=O)(=O)c2ccc(F)c(Cl)c2)CC1. The van der Waals surface area contributed by atoms with Gasteiger partial charge in [-0.05, 0) is 61.7 Å². The zero-order valence-electron chi connectivity index (χ0n) is 15.0. The zero-order chi connectivity index (χ0) is 20.5. The molecule has 0 radical (unpaired) electrons. The molecule has 0 amide bonds. The van der Waals surface area contributed by atoms with Crippen molar-refractivity contribution in [2.24, 2.45) is 5.92 Å². The lowest BCUT2D eigenvalue weighted by atomic mass is 9.98. The molecule has 1 aliphatic heterocycles. The summed E-state index contributed by atoms with van der Waals surface area (Å²) in [5.74, 6) is -1.05. The summed E-state index contributed by atoms with van der Waals surface area (Å²) in [6, 6.07) is 8.27. The van der Waals surface area contributed by atoms with Gasteiger partial charge in [-0.3, -0.25) is 4.79 Å². The van der Waals surface area contributed by atoms with Crippen molar-refractivity contribution in [1.82, 2.24) is 4.31 Å². The Kier molecular flexibility index (Phi) is 6.29. The second-order valence-corrected chi connectivity index (χ2v) is 9.37. The van der Waals surface area contributed by atoms with E-state index < -0.39 is 27.7 Å². The lowest BCUT2D eigenvalue weighted by molar-refractivity contribution is -0.140. The standard InChI is InChI=1S/C19H18Cl2FNO4S/c1-12-10-14(20)2-5-18(12)27-19(24)13-6-8-23(9-7-13)28(25,26)15-3-4-17(22)16(21)11-15/h2-5,10-11,13H,6-9H2,1H3. The molecule has 0 aliphatic carbocycles. The third-order valence-corrected chi connectivity index (χ3v) is 7.08. The zero-order valence-corrected chi connectivity index (χ0v) is 17.3. The molecule has 3 rings (SSSR count). The van der Waals surface area contributed by atoms with Gasteiger partial charge in [0, 0.05) is 18.1 Å². The topological polar surface area (TPSA) is 63.7 Å². The molecule has 0 saturated carbocycles. The fraction of sp³-hybridized carbons (Fsp3) is 0.316. The van der Waals surface area contributed by atoms with Crippen molar-refractivity contribution in [3.8, 4) is 5.75 Å². The Labute approximate surface area is 173 Å². The van der Waals surface area contributed by atoms with Crippen molar-refractivity contribution in [3.63, 3.8) is 0 Å². The Balaban J connectivity index is 1.64. The van der Waals surface area contributed by atoms with Gasteiger partial charge in [-0.25, -0.2) is 12.8 Å². The van der Waals surface area contributed by atoms with Gasteiger partial charge >= 0.3 is 5.97 Å². The second-order valence-electron chi connectivity index (χ2n) is 6.59. The number of halogens is 3. The number of piperidine rings is 1. The third-order valence-electron chi connectivity index (χ3n) is 4.66. The number of esters is 1. The molecule has 1 fully saturated rings. The van der Waals surface area contributed by atoms with Crippen LogP contribution in [0.4, 0.5) is 4.39 Å². The van der Waals surface area contributed by atoms with E-state index in [1.54, 1.807) is 25.1 Å². The van der Waals surface area contributed by atoms with Gasteiger partial charge in [0.15, 0.2) is 0 Å². The van der Waals surface area contributed by atoms with E-state index in [1.165, 1.54) is 10.4 Å². The smallest absolute Gasteiger partial charge is 0.314 e. The van der Waals surface area contributed by atoms with Crippen molar-refractivity contribution in [3.05, 3.63) is 57.8 Å². The van der Waals surface area contributed by atoms with Crippen LogP contribution in [-0.2, 0) is 14.8 Å². The van der Waals surface area contributed by atoms with Crippen molar-refractivity contribution in [1.29, 1.82) is 0 Å². The number of carbonyl (C=O) groups is 1. The molecule has 2 aromatic carbocycles. The molecule has 1 saturated heterocycles. The molecule has 0 atom stereocenters. The number of benzene rings is 2. The lowest BCUT2D eigenvalue weighted by Gasteiger charge is -2.30. The van der Waals surface area contributed by atoms with E-state index in [0.29, 0.717) is 23.6 Å². The maximum Gasteiger partial charge on any atom is 0.314 e. The lowest BCUT2D eigenvalue weighted by Crippen LogP contribution is -2.41. The molecule has 2 aromatic rings. The predicted octanol–water partition coefficient (Wildman–Crippen LogP) is 4.45. The molecular formula is C19H18Cl2FNO4S. The molecule has 1 aliphatic rings. The minimum atomic E-state index is -3.81. The molecule has 0 unspecified atom stereocenters.